The topological polar surface area (TPSA) is 109 Å². The van der Waals surface area contributed by atoms with Crippen molar-refractivity contribution in [1.29, 1.82) is 0 Å². The van der Waals surface area contributed by atoms with Crippen LogP contribution in [0, 0.1) is 0 Å². The van der Waals surface area contributed by atoms with Crippen molar-refractivity contribution in [2.75, 3.05) is 19.7 Å². The number of hydrogen-bond donors (Lipinski definition) is 2. The van der Waals surface area contributed by atoms with Crippen molar-refractivity contribution in [1.82, 2.24) is 15.2 Å². The molecular formula is C19H23N3O5. The highest BCUT2D eigenvalue weighted by Crippen LogP contribution is 2.07. The van der Waals surface area contributed by atoms with Gasteiger partial charge in [0.25, 0.3) is 5.91 Å². The number of nitrogens with zero attached hydrogens (tertiary/aromatic N) is 1. The third kappa shape index (κ3) is 4.93. The average molecular weight is 373 g/mol. The van der Waals surface area contributed by atoms with E-state index in [4.69, 9.17) is 4.74 Å². The van der Waals surface area contributed by atoms with E-state index in [0.717, 1.165) is 0 Å². The van der Waals surface area contributed by atoms with Gasteiger partial charge in [0, 0.05) is 23.1 Å². The van der Waals surface area contributed by atoms with E-state index in [9.17, 15) is 19.2 Å². The van der Waals surface area contributed by atoms with Gasteiger partial charge in [0.1, 0.15) is 12.1 Å². The first-order chi connectivity index (χ1) is 12.8. The quantitative estimate of drug-likeness (QED) is 0.706. The van der Waals surface area contributed by atoms with Gasteiger partial charge in [0.15, 0.2) is 0 Å². The molecule has 2 N–H and O–H groups in total. The fourth-order valence-corrected chi connectivity index (χ4v) is 2.59. The number of H-pyrrole nitrogens is 1. The molecule has 0 atom stereocenters. The predicted molar refractivity (Wildman–Crippen MR) is 100 cm³/mol. The van der Waals surface area contributed by atoms with Crippen molar-refractivity contribution in [3.8, 4) is 0 Å². The van der Waals surface area contributed by atoms with Crippen LogP contribution >= 0.6 is 0 Å². The second-order valence-corrected chi connectivity index (χ2v) is 6.18. The second kappa shape index (κ2) is 8.98. The van der Waals surface area contributed by atoms with Crippen LogP contribution in [0.2, 0.25) is 0 Å². The van der Waals surface area contributed by atoms with Crippen LogP contribution in [0.25, 0.3) is 10.9 Å². The summed E-state index contributed by atoms with van der Waals surface area (Å²) in [6, 6.07) is 6.59. The number of carbonyl (C=O) groups is 3. The third-order valence-corrected chi connectivity index (χ3v) is 3.98. The zero-order valence-electron chi connectivity index (χ0n) is 15.6. The maximum absolute atomic E-state index is 12.4. The molecule has 1 heterocycles. The standard InChI is InChI=1S/C19H23N3O5/c1-4-27-17(24)11-22(12(2)3)16(23)10-21-19(26)14-9-20-15-8-6-5-7-13(15)18(14)25/h5-9,12H,4,10-11H2,1-3H3,(H,20,25)(H,21,26). The van der Waals surface area contributed by atoms with Gasteiger partial charge in [0.2, 0.25) is 11.3 Å². The number of pyridine rings is 1. The second-order valence-electron chi connectivity index (χ2n) is 6.18. The lowest BCUT2D eigenvalue weighted by Gasteiger charge is -2.25. The van der Waals surface area contributed by atoms with Gasteiger partial charge in [-0.15, -0.1) is 0 Å². The van der Waals surface area contributed by atoms with Gasteiger partial charge in [-0.1, -0.05) is 12.1 Å². The number of esters is 1. The zero-order chi connectivity index (χ0) is 20.0. The summed E-state index contributed by atoms with van der Waals surface area (Å²) in [5, 5.41) is 2.83. The Hall–Kier alpha value is -3.16. The SMILES string of the molecule is CCOC(=O)CN(C(=O)CNC(=O)c1c[nH]c2ccccc2c1=O)C(C)C. The molecule has 8 nitrogen and oxygen atoms in total. The first-order valence-corrected chi connectivity index (χ1v) is 8.68. The van der Waals surface area contributed by atoms with E-state index in [1.165, 1.54) is 11.1 Å². The first kappa shape index (κ1) is 20.2. The molecule has 0 unspecified atom stereocenters. The Balaban J connectivity index is 2.07. The number of hydrogen-bond acceptors (Lipinski definition) is 5. The minimum absolute atomic E-state index is 0.0806. The van der Waals surface area contributed by atoms with Gasteiger partial charge >= 0.3 is 5.97 Å². The number of rotatable bonds is 7. The number of carbonyl (C=O) groups excluding carboxylic acids is 3. The molecule has 2 aromatic rings. The van der Waals surface area contributed by atoms with Crippen molar-refractivity contribution in [2.24, 2.45) is 0 Å². The van der Waals surface area contributed by atoms with Crippen LogP contribution < -0.4 is 10.7 Å². The van der Waals surface area contributed by atoms with Crippen LogP contribution in [0.4, 0.5) is 0 Å². The number of aromatic amines is 1. The Morgan fingerprint density at radius 1 is 1.22 bits per heavy atom. The number of nitrogens with one attached hydrogen (secondary N) is 2. The van der Waals surface area contributed by atoms with E-state index in [-0.39, 0.29) is 31.3 Å². The van der Waals surface area contributed by atoms with E-state index in [1.807, 2.05) is 0 Å². The summed E-state index contributed by atoms with van der Waals surface area (Å²) in [6.07, 6.45) is 1.32. The van der Waals surface area contributed by atoms with Gasteiger partial charge in [-0.05, 0) is 32.9 Å². The minimum atomic E-state index is -0.657. The molecule has 0 aliphatic carbocycles. The molecule has 144 valence electrons. The van der Waals surface area contributed by atoms with Crippen molar-refractivity contribution >= 4 is 28.7 Å². The van der Waals surface area contributed by atoms with E-state index in [0.29, 0.717) is 10.9 Å². The summed E-state index contributed by atoms with van der Waals surface area (Å²) in [5.74, 6) is -1.62. The van der Waals surface area contributed by atoms with Gasteiger partial charge < -0.3 is 19.9 Å². The molecule has 1 aromatic carbocycles. The number of benzene rings is 1. The van der Waals surface area contributed by atoms with Gasteiger partial charge in [0.05, 0.1) is 13.2 Å². The molecule has 0 radical (unpaired) electrons. The lowest BCUT2D eigenvalue weighted by molar-refractivity contribution is -0.149. The Morgan fingerprint density at radius 2 is 1.93 bits per heavy atom. The first-order valence-electron chi connectivity index (χ1n) is 8.68. The van der Waals surface area contributed by atoms with Gasteiger partial charge in [-0.25, -0.2) is 0 Å². The summed E-state index contributed by atoms with van der Waals surface area (Å²) >= 11 is 0. The Kier molecular flexibility index (Phi) is 6.70. The molecule has 27 heavy (non-hydrogen) atoms. The highest BCUT2D eigenvalue weighted by molar-refractivity contribution is 5.99. The summed E-state index contributed by atoms with van der Waals surface area (Å²) in [6.45, 7) is 4.89. The highest BCUT2D eigenvalue weighted by atomic mass is 16.5. The molecule has 0 bridgehead atoms. The van der Waals surface area contributed by atoms with Crippen LogP contribution in [-0.2, 0) is 14.3 Å². The summed E-state index contributed by atoms with van der Waals surface area (Å²) in [5.41, 5.74) is 0.125. The van der Waals surface area contributed by atoms with E-state index < -0.39 is 23.2 Å². The molecule has 1 aromatic heterocycles. The van der Waals surface area contributed by atoms with Crippen LogP contribution in [0.15, 0.2) is 35.3 Å². The lowest BCUT2D eigenvalue weighted by Crippen LogP contribution is -2.46. The Bertz CT molecular complexity index is 904. The highest BCUT2D eigenvalue weighted by Gasteiger charge is 2.22. The van der Waals surface area contributed by atoms with Gasteiger partial charge in [-0.3, -0.25) is 19.2 Å². The molecule has 0 aliphatic rings. The number of aromatic nitrogens is 1. The zero-order valence-corrected chi connectivity index (χ0v) is 15.6. The normalized spacial score (nSPS) is 10.7. The molecule has 0 saturated carbocycles. The average Bonchev–Trinajstić information content (AvgIpc) is 2.64. The Morgan fingerprint density at radius 3 is 2.59 bits per heavy atom. The Labute approximate surface area is 156 Å². The van der Waals surface area contributed by atoms with E-state index in [1.54, 1.807) is 45.0 Å². The number of ether oxygens (including phenoxy) is 1. The summed E-state index contributed by atoms with van der Waals surface area (Å²) in [7, 11) is 0. The molecule has 0 aliphatic heterocycles. The van der Waals surface area contributed by atoms with Crippen molar-refractivity contribution in [2.45, 2.75) is 26.8 Å². The summed E-state index contributed by atoms with van der Waals surface area (Å²) < 4.78 is 4.86. The van der Waals surface area contributed by atoms with Crippen molar-refractivity contribution < 1.29 is 19.1 Å². The number of fused-ring (bicyclic) bond motifs is 1. The van der Waals surface area contributed by atoms with Crippen molar-refractivity contribution in [3.05, 3.63) is 46.2 Å². The monoisotopic (exact) mass is 373 g/mol. The fraction of sp³-hybridized carbons (Fsp3) is 0.368. The molecule has 0 fully saturated rings. The van der Waals surface area contributed by atoms with Crippen LogP contribution in [-0.4, -0.2) is 53.4 Å². The third-order valence-electron chi connectivity index (χ3n) is 3.98. The summed E-state index contributed by atoms with van der Waals surface area (Å²) in [4.78, 5) is 53.0. The number of amides is 2. The minimum Gasteiger partial charge on any atom is -0.465 e. The molecular weight excluding hydrogens is 350 g/mol. The van der Waals surface area contributed by atoms with E-state index >= 15 is 0 Å². The maximum Gasteiger partial charge on any atom is 0.325 e. The van der Waals surface area contributed by atoms with Crippen LogP contribution in [0.5, 0.6) is 0 Å². The molecule has 0 saturated heterocycles. The van der Waals surface area contributed by atoms with Gasteiger partial charge in [-0.2, -0.15) is 0 Å². The fourth-order valence-electron chi connectivity index (χ4n) is 2.59. The predicted octanol–water partition coefficient (Wildman–Crippen LogP) is 1.06. The van der Waals surface area contributed by atoms with E-state index in [2.05, 4.69) is 10.3 Å². The van der Waals surface area contributed by atoms with Crippen LogP contribution in [0.1, 0.15) is 31.1 Å². The largest absolute Gasteiger partial charge is 0.465 e. The number of para-hydroxylation sites is 1. The molecule has 2 rings (SSSR count). The van der Waals surface area contributed by atoms with Crippen molar-refractivity contribution in [3.63, 3.8) is 0 Å². The smallest absolute Gasteiger partial charge is 0.325 e. The molecule has 2 amide bonds. The molecule has 0 spiro atoms. The molecule has 8 heteroatoms. The maximum atomic E-state index is 12.4. The lowest BCUT2D eigenvalue weighted by atomic mass is 10.1. The van der Waals surface area contributed by atoms with Crippen LogP contribution in [0.3, 0.4) is 0 Å².